The monoisotopic (exact) mass is 353 g/mol. The van der Waals surface area contributed by atoms with Crippen molar-refractivity contribution in [2.75, 3.05) is 31.6 Å². The summed E-state index contributed by atoms with van der Waals surface area (Å²) in [6.07, 6.45) is 2.88. The highest BCUT2D eigenvalue weighted by Gasteiger charge is 2.29. The molecule has 0 aromatic heterocycles. The SMILES string of the molecule is CC(C)CN1CCC(C)(Nc2ccc(CCOS(=O)[O-])cc2)CC1. The normalized spacial score (nSPS) is 19.4. The van der Waals surface area contributed by atoms with E-state index in [-0.39, 0.29) is 12.1 Å². The predicted octanol–water partition coefficient (Wildman–Crippen LogP) is 2.96. The van der Waals surface area contributed by atoms with E-state index in [2.05, 4.69) is 47.3 Å². The molecule has 5 nitrogen and oxygen atoms in total. The standard InChI is InChI=1S/C18H30N2O3S/c1-15(2)14-20-11-9-18(3,10-12-20)19-17-6-4-16(5-7-17)8-13-23-24(21)22/h4-7,15,19H,8-14H2,1-3H3,(H,21,22)/p-1. The van der Waals surface area contributed by atoms with Crippen LogP contribution in [-0.2, 0) is 22.0 Å². The molecule has 0 saturated carbocycles. The van der Waals surface area contributed by atoms with Crippen LogP contribution in [0.15, 0.2) is 24.3 Å². The molecule has 0 amide bonds. The summed E-state index contributed by atoms with van der Waals surface area (Å²) in [5.41, 5.74) is 2.33. The van der Waals surface area contributed by atoms with Crippen molar-refractivity contribution >= 4 is 17.0 Å². The van der Waals surface area contributed by atoms with Crippen molar-refractivity contribution in [3.63, 3.8) is 0 Å². The van der Waals surface area contributed by atoms with Gasteiger partial charge < -0.3 is 19.0 Å². The Bertz CT molecular complexity index is 526. The van der Waals surface area contributed by atoms with Crippen LogP contribution in [0.4, 0.5) is 5.69 Å². The summed E-state index contributed by atoms with van der Waals surface area (Å²) in [4.78, 5) is 2.55. The Balaban J connectivity index is 1.81. The molecule has 1 saturated heterocycles. The van der Waals surface area contributed by atoms with E-state index in [1.165, 1.54) is 6.54 Å². The number of nitrogens with zero attached hydrogens (tertiary/aromatic N) is 1. The molecule has 1 aromatic carbocycles. The van der Waals surface area contributed by atoms with Crippen molar-refractivity contribution in [1.29, 1.82) is 0 Å². The lowest BCUT2D eigenvalue weighted by atomic mass is 9.89. The van der Waals surface area contributed by atoms with E-state index in [0.717, 1.165) is 43.1 Å². The van der Waals surface area contributed by atoms with E-state index in [0.29, 0.717) is 6.42 Å². The van der Waals surface area contributed by atoms with Crippen molar-refractivity contribution in [1.82, 2.24) is 4.90 Å². The summed E-state index contributed by atoms with van der Waals surface area (Å²) in [5.74, 6) is 0.720. The number of likely N-dealkylation sites (tertiary alicyclic amines) is 1. The van der Waals surface area contributed by atoms with Crippen LogP contribution in [0.25, 0.3) is 0 Å². The first-order valence-corrected chi connectivity index (χ1v) is 9.68. The lowest BCUT2D eigenvalue weighted by Gasteiger charge is -2.41. The Hall–Kier alpha value is -0.950. The fourth-order valence-electron chi connectivity index (χ4n) is 3.20. The molecule has 2 rings (SSSR count). The molecule has 6 heteroatoms. The van der Waals surface area contributed by atoms with Gasteiger partial charge in [-0.1, -0.05) is 26.0 Å². The van der Waals surface area contributed by atoms with Gasteiger partial charge in [-0.25, -0.2) is 4.21 Å². The first kappa shape index (κ1) is 19.4. The Morgan fingerprint density at radius 1 is 1.29 bits per heavy atom. The Kier molecular flexibility index (Phi) is 7.22. The summed E-state index contributed by atoms with van der Waals surface area (Å²) in [6.45, 7) is 10.5. The summed E-state index contributed by atoms with van der Waals surface area (Å²) in [7, 11) is 0. The van der Waals surface area contributed by atoms with Gasteiger partial charge in [0.25, 0.3) is 0 Å². The van der Waals surface area contributed by atoms with Crippen LogP contribution in [-0.4, -0.2) is 45.4 Å². The van der Waals surface area contributed by atoms with E-state index in [1.54, 1.807) is 0 Å². The molecule has 1 unspecified atom stereocenters. The second-order valence-corrected chi connectivity index (χ2v) is 8.00. The summed E-state index contributed by atoms with van der Waals surface area (Å²) in [6, 6.07) is 8.18. The van der Waals surface area contributed by atoms with Gasteiger partial charge in [-0.2, -0.15) is 0 Å². The molecule has 1 aliphatic heterocycles. The van der Waals surface area contributed by atoms with Crippen LogP contribution in [0.1, 0.15) is 39.2 Å². The van der Waals surface area contributed by atoms with E-state index in [4.69, 9.17) is 0 Å². The highest BCUT2D eigenvalue weighted by atomic mass is 32.2. The highest BCUT2D eigenvalue weighted by Crippen LogP contribution is 2.27. The minimum Gasteiger partial charge on any atom is -0.750 e. The third-order valence-corrected chi connectivity index (χ3v) is 4.91. The van der Waals surface area contributed by atoms with Crippen LogP contribution in [0, 0.1) is 5.92 Å². The molecule has 1 aromatic rings. The smallest absolute Gasteiger partial charge is 0.0842 e. The first-order valence-electron chi connectivity index (χ1n) is 8.68. The van der Waals surface area contributed by atoms with E-state index in [1.807, 2.05) is 12.1 Å². The Labute approximate surface area is 148 Å². The zero-order valence-corrected chi connectivity index (χ0v) is 15.7. The molecule has 0 aliphatic carbocycles. The third-order valence-electron chi connectivity index (χ3n) is 4.55. The minimum atomic E-state index is -2.43. The van der Waals surface area contributed by atoms with Crippen LogP contribution in [0.2, 0.25) is 0 Å². The summed E-state index contributed by atoms with van der Waals surface area (Å²) >= 11 is -2.43. The average Bonchev–Trinajstić information content (AvgIpc) is 2.51. The molecule has 1 heterocycles. The quantitative estimate of drug-likeness (QED) is 0.728. The largest absolute Gasteiger partial charge is 0.750 e. The van der Waals surface area contributed by atoms with Gasteiger partial charge in [-0.15, -0.1) is 0 Å². The fourth-order valence-corrected chi connectivity index (χ4v) is 3.42. The Morgan fingerprint density at radius 2 is 1.92 bits per heavy atom. The van der Waals surface area contributed by atoms with Crippen molar-refractivity contribution in [3.8, 4) is 0 Å². The molecular formula is C18H29N2O3S-. The van der Waals surface area contributed by atoms with E-state index in [9.17, 15) is 8.76 Å². The van der Waals surface area contributed by atoms with Gasteiger partial charge in [-0.3, -0.25) is 0 Å². The summed E-state index contributed by atoms with van der Waals surface area (Å²) < 4.78 is 25.2. The molecule has 1 atom stereocenters. The van der Waals surface area contributed by atoms with Crippen LogP contribution >= 0.6 is 0 Å². The molecule has 0 bridgehead atoms. The fraction of sp³-hybridized carbons (Fsp3) is 0.667. The zero-order valence-electron chi connectivity index (χ0n) is 14.9. The second-order valence-electron chi connectivity index (χ2n) is 7.35. The number of nitrogens with one attached hydrogen (secondary N) is 1. The molecule has 24 heavy (non-hydrogen) atoms. The lowest BCUT2D eigenvalue weighted by molar-refractivity contribution is 0.166. The topological polar surface area (TPSA) is 64.6 Å². The molecule has 1 fully saturated rings. The third kappa shape index (κ3) is 6.51. The van der Waals surface area contributed by atoms with Gasteiger partial charge in [0, 0.05) is 30.9 Å². The van der Waals surface area contributed by atoms with Crippen molar-refractivity contribution in [3.05, 3.63) is 29.8 Å². The number of hydrogen-bond donors (Lipinski definition) is 1. The number of anilines is 1. The maximum Gasteiger partial charge on any atom is 0.0842 e. The molecule has 0 radical (unpaired) electrons. The molecular weight excluding hydrogens is 324 g/mol. The maximum atomic E-state index is 10.3. The van der Waals surface area contributed by atoms with Crippen molar-refractivity contribution in [2.45, 2.75) is 45.6 Å². The minimum absolute atomic E-state index is 0.136. The van der Waals surface area contributed by atoms with Gasteiger partial charge in [-0.05, 0) is 49.8 Å². The molecule has 1 aliphatic rings. The predicted molar refractivity (Wildman–Crippen MR) is 97.6 cm³/mol. The first-order chi connectivity index (χ1) is 11.4. The summed E-state index contributed by atoms with van der Waals surface area (Å²) in [5, 5.41) is 3.68. The van der Waals surface area contributed by atoms with Gasteiger partial charge in [0.15, 0.2) is 0 Å². The van der Waals surface area contributed by atoms with Crippen LogP contribution < -0.4 is 5.32 Å². The molecule has 136 valence electrons. The highest BCUT2D eigenvalue weighted by molar-refractivity contribution is 7.74. The number of hydrogen-bond acceptors (Lipinski definition) is 5. The average molecular weight is 354 g/mol. The van der Waals surface area contributed by atoms with E-state index >= 15 is 0 Å². The second kappa shape index (κ2) is 8.94. The van der Waals surface area contributed by atoms with E-state index < -0.39 is 11.4 Å². The van der Waals surface area contributed by atoms with Gasteiger partial charge in [0.2, 0.25) is 0 Å². The lowest BCUT2D eigenvalue weighted by Crippen LogP contribution is -2.48. The van der Waals surface area contributed by atoms with Gasteiger partial charge >= 0.3 is 0 Å². The van der Waals surface area contributed by atoms with Crippen LogP contribution in [0.5, 0.6) is 0 Å². The van der Waals surface area contributed by atoms with Crippen molar-refractivity contribution in [2.24, 2.45) is 5.92 Å². The van der Waals surface area contributed by atoms with Gasteiger partial charge in [0.1, 0.15) is 0 Å². The van der Waals surface area contributed by atoms with Crippen molar-refractivity contribution < 1.29 is 12.9 Å². The van der Waals surface area contributed by atoms with Gasteiger partial charge in [0.05, 0.1) is 18.0 Å². The Morgan fingerprint density at radius 3 is 2.46 bits per heavy atom. The molecule has 0 spiro atoms. The number of rotatable bonds is 8. The molecule has 1 N–H and O–H groups in total. The number of piperidine rings is 1. The van der Waals surface area contributed by atoms with Crippen LogP contribution in [0.3, 0.4) is 0 Å². The maximum absolute atomic E-state index is 10.3. The zero-order chi connectivity index (χ0) is 17.6. The number of benzene rings is 1.